The van der Waals surface area contributed by atoms with E-state index in [-0.39, 0.29) is 12.1 Å². The van der Waals surface area contributed by atoms with Crippen molar-refractivity contribution in [3.05, 3.63) is 70.0 Å². The van der Waals surface area contributed by atoms with Gasteiger partial charge in [-0.05, 0) is 43.2 Å². The minimum Gasteiger partial charge on any atom is -0.459 e. The summed E-state index contributed by atoms with van der Waals surface area (Å²) >= 11 is 3.45. The average Bonchev–Trinajstić information content (AvgIpc) is 2.99. The van der Waals surface area contributed by atoms with Gasteiger partial charge in [-0.1, -0.05) is 35.0 Å². The molecule has 1 atom stereocenters. The Bertz CT molecular complexity index is 855. The molecule has 3 rings (SSSR count). The highest BCUT2D eigenvalue weighted by Crippen LogP contribution is 2.19. The quantitative estimate of drug-likeness (QED) is 0.599. The molecule has 0 saturated heterocycles. The second-order valence-corrected chi connectivity index (χ2v) is 6.76. The van der Waals surface area contributed by atoms with E-state index >= 15 is 0 Å². The molecule has 0 N–H and O–H groups in total. The van der Waals surface area contributed by atoms with Crippen molar-refractivity contribution in [2.45, 2.75) is 32.8 Å². The van der Waals surface area contributed by atoms with Gasteiger partial charge in [-0.3, -0.25) is 0 Å². The number of benzene rings is 1. The molecule has 0 spiro atoms. The van der Waals surface area contributed by atoms with Crippen LogP contribution in [0.3, 0.4) is 0 Å². The van der Waals surface area contributed by atoms with Gasteiger partial charge >= 0.3 is 5.97 Å². The number of esters is 1. The van der Waals surface area contributed by atoms with Gasteiger partial charge in [-0.2, -0.15) is 5.10 Å². The summed E-state index contributed by atoms with van der Waals surface area (Å²) in [7, 11) is 0. The largest absolute Gasteiger partial charge is 0.459 e. The summed E-state index contributed by atoms with van der Waals surface area (Å²) in [6.45, 7) is 3.88. The molecule has 0 radical (unpaired) electrons. The zero-order valence-electron chi connectivity index (χ0n) is 13.7. The van der Waals surface area contributed by atoms with Gasteiger partial charge in [0.15, 0.2) is 0 Å². The first-order valence-electron chi connectivity index (χ1n) is 7.98. The number of ether oxygens (including phenoxy) is 1. The molecule has 124 valence electrons. The molecule has 1 unspecified atom stereocenters. The molecule has 2 heterocycles. The number of hydrogen-bond acceptors (Lipinski definition) is 3. The SMILES string of the molecule is CCC(C)OC(=O)c1ccc2c(Cc3ccc(Br)cc3)cnn2c1. The zero-order chi connectivity index (χ0) is 17.1. The number of fused-ring (bicyclic) bond motifs is 1. The van der Waals surface area contributed by atoms with Gasteiger partial charge < -0.3 is 4.74 Å². The van der Waals surface area contributed by atoms with E-state index in [4.69, 9.17) is 4.74 Å². The first-order chi connectivity index (χ1) is 11.6. The fourth-order valence-electron chi connectivity index (χ4n) is 2.45. The van der Waals surface area contributed by atoms with E-state index in [1.165, 1.54) is 5.56 Å². The third kappa shape index (κ3) is 3.67. The van der Waals surface area contributed by atoms with Gasteiger partial charge in [0.2, 0.25) is 0 Å². The van der Waals surface area contributed by atoms with Crippen LogP contribution in [0.5, 0.6) is 0 Å². The molecular formula is C19H19BrN2O2. The lowest BCUT2D eigenvalue weighted by Crippen LogP contribution is -2.14. The molecule has 0 aliphatic heterocycles. The van der Waals surface area contributed by atoms with Crippen molar-refractivity contribution in [2.24, 2.45) is 0 Å². The van der Waals surface area contributed by atoms with E-state index in [1.54, 1.807) is 16.8 Å². The van der Waals surface area contributed by atoms with E-state index in [1.807, 2.05) is 38.2 Å². The van der Waals surface area contributed by atoms with Gasteiger partial charge in [-0.15, -0.1) is 0 Å². The number of pyridine rings is 1. The third-order valence-electron chi connectivity index (χ3n) is 4.02. The monoisotopic (exact) mass is 386 g/mol. The van der Waals surface area contributed by atoms with Gasteiger partial charge in [0, 0.05) is 22.7 Å². The molecule has 0 aliphatic rings. The Hall–Kier alpha value is -2.14. The van der Waals surface area contributed by atoms with E-state index in [9.17, 15) is 4.79 Å². The molecule has 5 heteroatoms. The number of rotatable bonds is 5. The standard InChI is InChI=1S/C19H19BrN2O2/c1-3-13(2)24-19(23)15-6-9-18-16(11-21-22(18)12-15)10-14-4-7-17(20)8-5-14/h4-9,11-13H,3,10H2,1-2H3. The molecule has 0 fully saturated rings. The van der Waals surface area contributed by atoms with Crippen LogP contribution in [0, 0.1) is 0 Å². The smallest absolute Gasteiger partial charge is 0.339 e. The number of carbonyl (C=O) groups excluding carboxylic acids is 1. The van der Waals surface area contributed by atoms with Crippen molar-refractivity contribution < 1.29 is 9.53 Å². The van der Waals surface area contributed by atoms with Crippen molar-refractivity contribution in [3.63, 3.8) is 0 Å². The van der Waals surface area contributed by atoms with Crippen LogP contribution in [0.25, 0.3) is 5.52 Å². The van der Waals surface area contributed by atoms with Crippen LogP contribution in [-0.4, -0.2) is 21.7 Å². The summed E-state index contributed by atoms with van der Waals surface area (Å²) < 4.78 is 8.17. The maximum atomic E-state index is 12.1. The lowest BCUT2D eigenvalue weighted by molar-refractivity contribution is 0.0334. The zero-order valence-corrected chi connectivity index (χ0v) is 15.3. The minimum atomic E-state index is -0.309. The van der Waals surface area contributed by atoms with E-state index in [0.29, 0.717) is 5.56 Å². The lowest BCUT2D eigenvalue weighted by Gasteiger charge is -2.10. The molecule has 0 saturated carbocycles. The summed E-state index contributed by atoms with van der Waals surface area (Å²) in [5.74, 6) is -0.309. The maximum absolute atomic E-state index is 12.1. The second-order valence-electron chi connectivity index (χ2n) is 5.84. The molecule has 0 bridgehead atoms. The summed E-state index contributed by atoms with van der Waals surface area (Å²) in [6, 6.07) is 12.0. The molecule has 0 aliphatic carbocycles. The maximum Gasteiger partial charge on any atom is 0.339 e. The highest BCUT2D eigenvalue weighted by molar-refractivity contribution is 9.10. The van der Waals surface area contributed by atoms with E-state index in [0.717, 1.165) is 28.4 Å². The van der Waals surface area contributed by atoms with Gasteiger partial charge in [-0.25, -0.2) is 9.31 Å². The summed E-state index contributed by atoms with van der Waals surface area (Å²) in [5, 5.41) is 4.37. The third-order valence-corrected chi connectivity index (χ3v) is 4.55. The number of aromatic nitrogens is 2. The first-order valence-corrected chi connectivity index (χ1v) is 8.78. The van der Waals surface area contributed by atoms with Crippen LogP contribution in [-0.2, 0) is 11.2 Å². The number of halogens is 1. The Morgan fingerprint density at radius 1 is 1.25 bits per heavy atom. The molecule has 4 nitrogen and oxygen atoms in total. The fraction of sp³-hybridized carbons (Fsp3) is 0.263. The molecular weight excluding hydrogens is 368 g/mol. The van der Waals surface area contributed by atoms with Crippen molar-refractivity contribution in [3.8, 4) is 0 Å². The van der Waals surface area contributed by atoms with Crippen molar-refractivity contribution in [2.75, 3.05) is 0 Å². The van der Waals surface area contributed by atoms with Gasteiger partial charge in [0.25, 0.3) is 0 Å². The predicted octanol–water partition coefficient (Wildman–Crippen LogP) is 4.64. The highest BCUT2D eigenvalue weighted by atomic mass is 79.9. The summed E-state index contributed by atoms with van der Waals surface area (Å²) in [4.78, 5) is 12.1. The number of hydrogen-bond donors (Lipinski definition) is 0. The summed E-state index contributed by atoms with van der Waals surface area (Å²) in [6.07, 6.45) is 5.09. The fourth-order valence-corrected chi connectivity index (χ4v) is 2.71. The van der Waals surface area contributed by atoms with Crippen LogP contribution >= 0.6 is 15.9 Å². The Kier molecular flexibility index (Phi) is 5.00. The minimum absolute atomic E-state index is 0.0845. The van der Waals surface area contributed by atoms with E-state index < -0.39 is 0 Å². The topological polar surface area (TPSA) is 43.6 Å². The van der Waals surface area contributed by atoms with Crippen LogP contribution in [0.15, 0.2) is 53.3 Å². The number of nitrogens with zero attached hydrogens (tertiary/aromatic N) is 2. The van der Waals surface area contributed by atoms with Crippen molar-refractivity contribution in [1.29, 1.82) is 0 Å². The second kappa shape index (κ2) is 7.18. The lowest BCUT2D eigenvalue weighted by atomic mass is 10.1. The molecule has 24 heavy (non-hydrogen) atoms. The normalized spacial score (nSPS) is 12.3. The molecule has 2 aromatic heterocycles. The van der Waals surface area contributed by atoms with E-state index in [2.05, 4.69) is 33.2 Å². The Labute approximate surface area is 149 Å². The Morgan fingerprint density at radius 3 is 2.71 bits per heavy atom. The molecule has 0 amide bonds. The molecule has 1 aromatic carbocycles. The average molecular weight is 387 g/mol. The summed E-state index contributed by atoms with van der Waals surface area (Å²) in [5.41, 5.74) is 3.85. The van der Waals surface area contributed by atoms with Crippen LogP contribution in [0.2, 0.25) is 0 Å². The number of carbonyl (C=O) groups is 1. The van der Waals surface area contributed by atoms with Gasteiger partial charge in [0.1, 0.15) is 0 Å². The molecule has 3 aromatic rings. The Morgan fingerprint density at radius 2 is 2.00 bits per heavy atom. The van der Waals surface area contributed by atoms with Crippen LogP contribution in [0.4, 0.5) is 0 Å². The van der Waals surface area contributed by atoms with Gasteiger partial charge in [0.05, 0.1) is 23.4 Å². The predicted molar refractivity (Wildman–Crippen MR) is 97.3 cm³/mol. The van der Waals surface area contributed by atoms with Crippen LogP contribution in [0.1, 0.15) is 41.8 Å². The highest BCUT2D eigenvalue weighted by Gasteiger charge is 2.13. The Balaban J connectivity index is 1.83. The first kappa shape index (κ1) is 16.7. The van der Waals surface area contributed by atoms with Crippen molar-refractivity contribution in [1.82, 2.24) is 9.61 Å². The van der Waals surface area contributed by atoms with Crippen molar-refractivity contribution >= 4 is 27.4 Å². The van der Waals surface area contributed by atoms with Crippen LogP contribution < -0.4 is 0 Å².